The van der Waals surface area contributed by atoms with Crippen LogP contribution in [-0.2, 0) is 20.7 Å². The highest BCUT2D eigenvalue weighted by atomic mass is 16.5. The number of rotatable bonds is 9. The van der Waals surface area contributed by atoms with Gasteiger partial charge in [0.25, 0.3) is 11.7 Å². The molecule has 176 valence electrons. The number of amides is 4. The predicted octanol–water partition coefficient (Wildman–Crippen LogP) is 1.38. The standard InChI is InChI=1S/C23H28N4O6/c1-6-33-20-14(2)12-25-21-19(20)22(29)27(23(30)26(21)3)13-18(28)24-10-9-15-7-8-16(31-4)17(11-15)32-5/h7-8,11-12,19H,6,9-10,13H2,1-5H3/p+1. The van der Waals surface area contributed by atoms with E-state index in [2.05, 4.69) is 10.3 Å². The zero-order valence-electron chi connectivity index (χ0n) is 19.5. The number of urea groups is 1. The van der Waals surface area contributed by atoms with Crippen molar-refractivity contribution in [1.29, 1.82) is 0 Å². The summed E-state index contributed by atoms with van der Waals surface area (Å²) in [6.07, 6.45) is 2.12. The molecule has 1 aromatic carbocycles. The summed E-state index contributed by atoms with van der Waals surface area (Å²) in [7, 11) is 4.65. The lowest BCUT2D eigenvalue weighted by molar-refractivity contribution is -0.408. The second-order valence-corrected chi connectivity index (χ2v) is 7.58. The van der Waals surface area contributed by atoms with E-state index in [1.165, 1.54) is 11.6 Å². The minimum Gasteiger partial charge on any atom is -0.496 e. The number of imide groups is 1. The van der Waals surface area contributed by atoms with Gasteiger partial charge < -0.3 is 19.5 Å². The van der Waals surface area contributed by atoms with E-state index in [9.17, 15) is 14.4 Å². The first-order valence-electron chi connectivity index (χ1n) is 10.6. The third-order valence-electron chi connectivity index (χ3n) is 5.46. The van der Waals surface area contributed by atoms with Crippen LogP contribution >= 0.6 is 0 Å². The van der Waals surface area contributed by atoms with Gasteiger partial charge in [-0.25, -0.2) is 4.79 Å². The Hall–Kier alpha value is -3.69. The molecule has 2 aliphatic heterocycles. The topological polar surface area (TPSA) is 110 Å². The fourth-order valence-electron chi connectivity index (χ4n) is 3.76. The van der Waals surface area contributed by atoms with E-state index in [0.29, 0.717) is 48.2 Å². The van der Waals surface area contributed by atoms with Gasteiger partial charge >= 0.3 is 11.9 Å². The average molecular weight is 458 g/mol. The zero-order valence-corrected chi connectivity index (χ0v) is 19.5. The monoisotopic (exact) mass is 457 g/mol. The van der Waals surface area contributed by atoms with E-state index in [4.69, 9.17) is 14.2 Å². The molecule has 10 nitrogen and oxygen atoms in total. The first-order valence-corrected chi connectivity index (χ1v) is 10.6. The molecule has 2 aliphatic rings. The Morgan fingerprint density at radius 2 is 1.94 bits per heavy atom. The van der Waals surface area contributed by atoms with Crippen LogP contribution in [0.4, 0.5) is 4.79 Å². The van der Waals surface area contributed by atoms with Gasteiger partial charge in [0.05, 0.1) is 27.9 Å². The average Bonchev–Trinajstić information content (AvgIpc) is 2.81. The molecule has 1 unspecified atom stereocenters. The maximum atomic E-state index is 13.2. The van der Waals surface area contributed by atoms with Crippen LogP contribution in [0, 0.1) is 5.92 Å². The molecule has 1 aromatic rings. The number of ether oxygens (including phenoxy) is 3. The molecule has 0 saturated heterocycles. The van der Waals surface area contributed by atoms with Gasteiger partial charge in [-0.05, 0) is 38.0 Å². The Bertz CT molecular complexity index is 1060. The lowest BCUT2D eigenvalue weighted by atomic mass is 9.96. The van der Waals surface area contributed by atoms with Crippen molar-refractivity contribution in [3.63, 3.8) is 0 Å². The fourth-order valence-corrected chi connectivity index (χ4v) is 3.76. The Morgan fingerprint density at radius 3 is 2.61 bits per heavy atom. The summed E-state index contributed by atoms with van der Waals surface area (Å²) < 4.78 is 17.5. The van der Waals surface area contributed by atoms with Gasteiger partial charge in [0.2, 0.25) is 0 Å². The summed E-state index contributed by atoms with van der Waals surface area (Å²) in [5, 5.41) is 2.76. The quantitative estimate of drug-likeness (QED) is 0.561. The third kappa shape index (κ3) is 4.89. The Morgan fingerprint density at radius 1 is 1.21 bits per heavy atom. The number of amidine groups is 1. The number of allylic oxidation sites excluding steroid dienone is 1. The van der Waals surface area contributed by atoms with Gasteiger partial charge in [-0.1, -0.05) is 6.07 Å². The molecular formula is C23H29N4O6+. The second kappa shape index (κ2) is 10.3. The molecule has 0 spiro atoms. The normalized spacial score (nSPS) is 17.8. The summed E-state index contributed by atoms with van der Waals surface area (Å²) in [5.74, 6) is 0.154. The van der Waals surface area contributed by atoms with Crippen LogP contribution in [0.5, 0.6) is 11.5 Å². The first-order chi connectivity index (χ1) is 15.8. The van der Waals surface area contributed by atoms with E-state index < -0.39 is 23.8 Å². The van der Waals surface area contributed by atoms with E-state index in [1.807, 2.05) is 19.1 Å². The number of hydrogen-bond acceptors (Lipinski definition) is 7. The van der Waals surface area contributed by atoms with Gasteiger partial charge in [0.15, 0.2) is 24.0 Å². The Kier molecular flexibility index (Phi) is 7.47. The van der Waals surface area contributed by atoms with Crippen molar-refractivity contribution in [3.8, 4) is 11.5 Å². The van der Waals surface area contributed by atoms with Crippen LogP contribution in [0.3, 0.4) is 0 Å². The summed E-state index contributed by atoms with van der Waals surface area (Å²) in [5.41, 5.74) is 1.65. The maximum Gasteiger partial charge on any atom is 0.446 e. The molecule has 1 atom stereocenters. The molecule has 4 amide bonds. The number of carbonyl (C=O) groups is 3. The number of aliphatic imine (C=N–C) groups is 1. The number of carbonyl (C=O) groups excluding carboxylic acids is 3. The van der Waals surface area contributed by atoms with E-state index in [0.717, 1.165) is 10.5 Å². The SMILES string of the molecule is CCOC1=C(C)C=NC2=[N+](C)C(=O)N(CC(=O)NCCc3ccc(OC)c(OC)c3)C(=O)C12. The maximum absolute atomic E-state index is 13.2. The van der Waals surface area contributed by atoms with Gasteiger partial charge in [-0.15, -0.1) is 4.99 Å². The lowest BCUT2D eigenvalue weighted by Gasteiger charge is -2.29. The van der Waals surface area contributed by atoms with Crippen LogP contribution in [0.25, 0.3) is 0 Å². The molecule has 0 bridgehead atoms. The minimum atomic E-state index is -0.850. The number of benzene rings is 1. The van der Waals surface area contributed by atoms with Gasteiger partial charge in [-0.3, -0.25) is 9.59 Å². The van der Waals surface area contributed by atoms with Crippen LogP contribution < -0.4 is 14.8 Å². The van der Waals surface area contributed by atoms with Crippen LogP contribution in [0.2, 0.25) is 0 Å². The molecule has 3 rings (SSSR count). The van der Waals surface area contributed by atoms with Crippen molar-refractivity contribution in [3.05, 3.63) is 35.1 Å². The van der Waals surface area contributed by atoms with Crippen molar-refractivity contribution < 1.29 is 33.2 Å². The second-order valence-electron chi connectivity index (χ2n) is 7.58. The Labute approximate surface area is 192 Å². The van der Waals surface area contributed by atoms with Crippen molar-refractivity contribution in [1.82, 2.24) is 10.2 Å². The molecule has 0 radical (unpaired) electrons. The van der Waals surface area contributed by atoms with E-state index in [1.54, 1.807) is 33.4 Å². The summed E-state index contributed by atoms with van der Waals surface area (Å²) in [6, 6.07) is 4.91. The summed E-state index contributed by atoms with van der Waals surface area (Å²) in [4.78, 5) is 43.7. The smallest absolute Gasteiger partial charge is 0.446 e. The highest BCUT2D eigenvalue weighted by Gasteiger charge is 2.50. The number of hydrogen-bond donors (Lipinski definition) is 1. The van der Waals surface area contributed by atoms with Crippen molar-refractivity contribution in [2.45, 2.75) is 20.3 Å². The minimum absolute atomic E-state index is 0.296. The number of nitrogens with one attached hydrogen (secondary N) is 1. The fraction of sp³-hybridized carbons (Fsp3) is 0.435. The van der Waals surface area contributed by atoms with Gasteiger partial charge in [0, 0.05) is 12.1 Å². The largest absolute Gasteiger partial charge is 0.496 e. The van der Waals surface area contributed by atoms with Crippen molar-refractivity contribution in [2.75, 3.05) is 41.0 Å². The molecule has 33 heavy (non-hydrogen) atoms. The van der Waals surface area contributed by atoms with Crippen LogP contribution in [-0.4, -0.2) is 80.3 Å². The van der Waals surface area contributed by atoms with E-state index >= 15 is 0 Å². The van der Waals surface area contributed by atoms with Crippen LogP contribution in [0.1, 0.15) is 19.4 Å². The molecule has 2 heterocycles. The molecule has 0 aromatic heterocycles. The predicted molar refractivity (Wildman–Crippen MR) is 121 cm³/mol. The summed E-state index contributed by atoms with van der Waals surface area (Å²) in [6.45, 7) is 3.91. The first kappa shape index (κ1) is 24.0. The number of methoxy groups -OCH3 is 2. The summed E-state index contributed by atoms with van der Waals surface area (Å²) >= 11 is 0. The number of nitrogens with zero attached hydrogens (tertiary/aromatic N) is 3. The molecular weight excluding hydrogens is 428 g/mol. The lowest BCUT2D eigenvalue weighted by Crippen LogP contribution is -2.57. The van der Waals surface area contributed by atoms with Crippen molar-refractivity contribution in [2.24, 2.45) is 10.9 Å². The molecule has 0 aliphatic carbocycles. The Balaban J connectivity index is 1.66. The molecule has 10 heteroatoms. The van der Waals surface area contributed by atoms with Gasteiger partial charge in [0.1, 0.15) is 12.0 Å². The highest BCUT2D eigenvalue weighted by Crippen LogP contribution is 2.28. The zero-order chi connectivity index (χ0) is 24.1. The number of fused-ring (bicyclic) bond motifs is 1. The molecule has 0 saturated carbocycles. The van der Waals surface area contributed by atoms with E-state index in [-0.39, 0.29) is 6.54 Å². The number of dihydropyridines is 1. The molecule has 0 fully saturated rings. The third-order valence-corrected chi connectivity index (χ3v) is 5.46. The highest BCUT2D eigenvalue weighted by molar-refractivity contribution is 6.16. The van der Waals surface area contributed by atoms with Crippen molar-refractivity contribution >= 4 is 29.9 Å². The molecule has 1 N–H and O–H groups in total. The van der Waals surface area contributed by atoms with Gasteiger partial charge in [-0.2, -0.15) is 9.48 Å². The van der Waals surface area contributed by atoms with Crippen LogP contribution in [0.15, 0.2) is 34.5 Å².